The maximum atomic E-state index is 4.11. The molecule has 0 aromatic carbocycles. The van der Waals surface area contributed by atoms with E-state index in [0.717, 1.165) is 29.7 Å². The lowest BCUT2D eigenvalue weighted by molar-refractivity contribution is 0.800. The Labute approximate surface area is 101 Å². The first-order chi connectivity index (χ1) is 7.84. The Hall–Kier alpha value is -1.50. The van der Waals surface area contributed by atoms with Gasteiger partial charge in [0.05, 0.1) is 4.47 Å². The molecule has 2 N–H and O–H groups in total. The molecule has 2 rings (SSSR count). The number of hydrogen-bond donors (Lipinski definition) is 2. The van der Waals surface area contributed by atoms with E-state index in [1.807, 2.05) is 0 Å². The van der Waals surface area contributed by atoms with Gasteiger partial charge >= 0.3 is 0 Å². The van der Waals surface area contributed by atoms with Crippen LogP contribution in [0.15, 0.2) is 23.2 Å². The first-order valence-corrected chi connectivity index (χ1v) is 5.69. The van der Waals surface area contributed by atoms with E-state index >= 15 is 0 Å². The maximum Gasteiger partial charge on any atom is 0.222 e. The van der Waals surface area contributed by atoms with Gasteiger partial charge in [-0.2, -0.15) is 5.10 Å². The Balaban J connectivity index is 1.70. The molecule has 0 spiro atoms. The Kier molecular flexibility index (Phi) is 3.81. The van der Waals surface area contributed by atoms with Crippen molar-refractivity contribution >= 4 is 21.9 Å². The molecule has 0 amide bonds. The fourth-order valence-electron chi connectivity index (χ4n) is 1.21. The number of aromatic nitrogens is 5. The van der Waals surface area contributed by atoms with E-state index in [0.29, 0.717) is 5.95 Å². The lowest BCUT2D eigenvalue weighted by atomic mass is 10.3. The van der Waals surface area contributed by atoms with Gasteiger partial charge in [-0.25, -0.2) is 15.0 Å². The van der Waals surface area contributed by atoms with Crippen LogP contribution in [0.1, 0.15) is 12.2 Å². The van der Waals surface area contributed by atoms with Gasteiger partial charge in [-0.3, -0.25) is 5.10 Å². The van der Waals surface area contributed by atoms with Gasteiger partial charge in [0.15, 0.2) is 0 Å². The van der Waals surface area contributed by atoms with E-state index in [1.54, 1.807) is 12.4 Å². The van der Waals surface area contributed by atoms with Gasteiger partial charge in [0.2, 0.25) is 5.95 Å². The molecule has 7 heteroatoms. The van der Waals surface area contributed by atoms with E-state index in [2.05, 4.69) is 46.4 Å². The summed E-state index contributed by atoms with van der Waals surface area (Å²) in [5.41, 5.74) is 0. The van der Waals surface area contributed by atoms with Gasteiger partial charge in [0.1, 0.15) is 12.2 Å². The summed E-state index contributed by atoms with van der Waals surface area (Å²) in [7, 11) is 0. The lowest BCUT2D eigenvalue weighted by Gasteiger charge is -2.02. The zero-order chi connectivity index (χ0) is 11.2. The first kappa shape index (κ1) is 11.0. The smallest absolute Gasteiger partial charge is 0.222 e. The number of halogens is 1. The van der Waals surface area contributed by atoms with Crippen molar-refractivity contribution < 1.29 is 0 Å². The topological polar surface area (TPSA) is 79.4 Å². The van der Waals surface area contributed by atoms with Crippen molar-refractivity contribution in [2.24, 2.45) is 0 Å². The number of nitrogens with zero attached hydrogens (tertiary/aromatic N) is 4. The van der Waals surface area contributed by atoms with Crippen LogP contribution in [0, 0.1) is 0 Å². The molecule has 0 unspecified atom stereocenters. The average molecular weight is 283 g/mol. The molecule has 0 bridgehead atoms. The van der Waals surface area contributed by atoms with Crippen LogP contribution in [0.4, 0.5) is 5.95 Å². The summed E-state index contributed by atoms with van der Waals surface area (Å²) in [6, 6.07) is 0. The molecule has 0 aliphatic carbocycles. The molecule has 2 aromatic rings. The fourth-order valence-corrected chi connectivity index (χ4v) is 1.42. The fraction of sp³-hybridized carbons (Fsp3) is 0.333. The van der Waals surface area contributed by atoms with Gasteiger partial charge < -0.3 is 5.32 Å². The summed E-state index contributed by atoms with van der Waals surface area (Å²) in [5.74, 6) is 1.54. The van der Waals surface area contributed by atoms with E-state index in [4.69, 9.17) is 0 Å². The Morgan fingerprint density at radius 3 is 2.75 bits per heavy atom. The number of rotatable bonds is 5. The second-order valence-corrected chi connectivity index (χ2v) is 4.10. The molecule has 6 nitrogen and oxygen atoms in total. The average Bonchev–Trinajstić information content (AvgIpc) is 2.80. The molecule has 2 aromatic heterocycles. The van der Waals surface area contributed by atoms with Crippen LogP contribution in [-0.2, 0) is 6.42 Å². The number of anilines is 1. The second-order valence-electron chi connectivity index (χ2n) is 3.19. The summed E-state index contributed by atoms with van der Waals surface area (Å²) in [6.07, 6.45) is 6.76. The standard InChI is InChI=1S/C9H11BrN6/c10-7-4-12-9(13-5-7)11-3-1-2-8-14-6-15-16-8/h4-6H,1-3H2,(H,11,12,13)(H,14,15,16). The third-order valence-corrected chi connectivity index (χ3v) is 2.37. The predicted octanol–water partition coefficient (Wildman–Crippen LogP) is 1.40. The van der Waals surface area contributed by atoms with E-state index in [1.165, 1.54) is 6.33 Å². The van der Waals surface area contributed by atoms with Gasteiger partial charge in [0.25, 0.3) is 0 Å². The molecule has 0 saturated carbocycles. The molecule has 0 radical (unpaired) electrons. The number of hydrogen-bond acceptors (Lipinski definition) is 5. The third kappa shape index (κ3) is 3.27. The number of aromatic amines is 1. The minimum atomic E-state index is 0.640. The third-order valence-electron chi connectivity index (χ3n) is 1.96. The second kappa shape index (κ2) is 5.55. The quantitative estimate of drug-likeness (QED) is 0.811. The van der Waals surface area contributed by atoms with Gasteiger partial charge in [-0.05, 0) is 22.4 Å². The molecule has 0 fully saturated rings. The molecule has 0 saturated heterocycles. The number of aryl methyl sites for hydroxylation is 1. The van der Waals surface area contributed by atoms with Crippen molar-refractivity contribution in [1.82, 2.24) is 25.1 Å². The van der Waals surface area contributed by atoms with E-state index in [9.17, 15) is 0 Å². The minimum Gasteiger partial charge on any atom is -0.354 e. The Morgan fingerprint density at radius 1 is 1.25 bits per heavy atom. The highest BCUT2D eigenvalue weighted by atomic mass is 79.9. The maximum absolute atomic E-state index is 4.11. The van der Waals surface area contributed by atoms with Crippen molar-refractivity contribution in [2.75, 3.05) is 11.9 Å². The van der Waals surface area contributed by atoms with Gasteiger partial charge in [0, 0.05) is 25.4 Å². The molecule has 0 atom stereocenters. The molecular weight excluding hydrogens is 272 g/mol. The molecular formula is C9H11BrN6. The van der Waals surface area contributed by atoms with Crippen LogP contribution in [0.2, 0.25) is 0 Å². The summed E-state index contributed by atoms with van der Waals surface area (Å²) in [6.45, 7) is 0.808. The van der Waals surface area contributed by atoms with Gasteiger partial charge in [-0.15, -0.1) is 0 Å². The minimum absolute atomic E-state index is 0.640. The van der Waals surface area contributed by atoms with E-state index < -0.39 is 0 Å². The SMILES string of the molecule is Brc1cnc(NCCCc2ncn[nH]2)nc1. The van der Waals surface area contributed by atoms with Gasteiger partial charge in [-0.1, -0.05) is 0 Å². The van der Waals surface area contributed by atoms with Crippen molar-refractivity contribution in [3.63, 3.8) is 0 Å². The van der Waals surface area contributed by atoms with E-state index in [-0.39, 0.29) is 0 Å². The highest BCUT2D eigenvalue weighted by Gasteiger charge is 1.97. The zero-order valence-electron chi connectivity index (χ0n) is 8.52. The molecule has 84 valence electrons. The van der Waals surface area contributed by atoms with Crippen molar-refractivity contribution in [3.05, 3.63) is 29.0 Å². The first-order valence-electron chi connectivity index (χ1n) is 4.90. The molecule has 0 aliphatic rings. The number of nitrogens with one attached hydrogen (secondary N) is 2. The summed E-state index contributed by atoms with van der Waals surface area (Å²) < 4.78 is 0.875. The van der Waals surface area contributed by atoms with Crippen LogP contribution in [0.3, 0.4) is 0 Å². The largest absolute Gasteiger partial charge is 0.354 e. The molecule has 16 heavy (non-hydrogen) atoms. The highest BCUT2D eigenvalue weighted by Crippen LogP contribution is 2.06. The monoisotopic (exact) mass is 282 g/mol. The van der Waals surface area contributed by atoms with Crippen LogP contribution in [-0.4, -0.2) is 31.7 Å². The van der Waals surface area contributed by atoms with Crippen molar-refractivity contribution in [2.45, 2.75) is 12.8 Å². The Bertz CT molecular complexity index is 412. The van der Waals surface area contributed by atoms with Crippen LogP contribution < -0.4 is 5.32 Å². The summed E-state index contributed by atoms with van der Waals surface area (Å²) in [4.78, 5) is 12.3. The zero-order valence-corrected chi connectivity index (χ0v) is 10.1. The summed E-state index contributed by atoms with van der Waals surface area (Å²) in [5, 5.41) is 9.73. The van der Waals surface area contributed by atoms with Crippen LogP contribution in [0.25, 0.3) is 0 Å². The van der Waals surface area contributed by atoms with Crippen molar-refractivity contribution in [3.8, 4) is 0 Å². The number of H-pyrrole nitrogens is 1. The predicted molar refractivity (Wildman–Crippen MR) is 62.9 cm³/mol. The normalized spacial score (nSPS) is 10.3. The summed E-state index contributed by atoms with van der Waals surface area (Å²) >= 11 is 3.28. The molecule has 0 aliphatic heterocycles. The lowest BCUT2D eigenvalue weighted by Crippen LogP contribution is -2.06. The van der Waals surface area contributed by atoms with Crippen molar-refractivity contribution in [1.29, 1.82) is 0 Å². The Morgan fingerprint density at radius 2 is 2.06 bits per heavy atom. The highest BCUT2D eigenvalue weighted by molar-refractivity contribution is 9.10. The van der Waals surface area contributed by atoms with Crippen LogP contribution in [0.5, 0.6) is 0 Å². The van der Waals surface area contributed by atoms with Crippen LogP contribution >= 0.6 is 15.9 Å². The molecule has 2 heterocycles.